The Kier molecular flexibility index (Phi) is 17.0. The number of halogens is 2. The first-order valence-electron chi connectivity index (χ1n) is 17.0. The van der Waals surface area contributed by atoms with E-state index >= 15 is 0 Å². The van der Waals surface area contributed by atoms with Crippen LogP contribution in [0.5, 0.6) is 0 Å². The molecule has 0 aliphatic heterocycles. The van der Waals surface area contributed by atoms with E-state index < -0.39 is 59.6 Å². The van der Waals surface area contributed by atoms with E-state index in [1.165, 1.54) is 34.1 Å². The van der Waals surface area contributed by atoms with Gasteiger partial charge in [-0.3, -0.25) is 4.18 Å². The molecule has 4 aromatic rings. The fourth-order valence-electron chi connectivity index (χ4n) is 4.84. The van der Waals surface area contributed by atoms with Gasteiger partial charge in [0.1, 0.15) is 22.8 Å². The number of amides is 2. The summed E-state index contributed by atoms with van der Waals surface area (Å²) >= 11 is 0. The van der Waals surface area contributed by atoms with Crippen LogP contribution in [0.15, 0.2) is 48.8 Å². The molecule has 0 bridgehead atoms. The second-order valence-corrected chi connectivity index (χ2v) is 19.5. The van der Waals surface area contributed by atoms with Crippen molar-refractivity contribution >= 4 is 64.3 Å². The molecule has 3 N–H and O–H groups in total. The van der Waals surface area contributed by atoms with Crippen LogP contribution in [-0.4, -0.2) is 119 Å². The van der Waals surface area contributed by atoms with E-state index in [-0.39, 0.29) is 45.2 Å². The molecule has 0 saturated carbocycles. The second kappa shape index (κ2) is 19.9. The van der Waals surface area contributed by atoms with E-state index in [2.05, 4.69) is 13.6 Å². The zero-order valence-electron chi connectivity index (χ0n) is 33.1. The van der Waals surface area contributed by atoms with Gasteiger partial charge in [-0.25, -0.2) is 18.4 Å². The molecule has 17 nitrogen and oxygen atoms in total. The van der Waals surface area contributed by atoms with Crippen molar-refractivity contribution in [1.82, 2.24) is 19.8 Å². The lowest BCUT2D eigenvalue weighted by molar-refractivity contribution is 0.0197. The van der Waals surface area contributed by atoms with E-state index in [0.717, 1.165) is 17.2 Å². The van der Waals surface area contributed by atoms with Crippen LogP contribution < -0.4 is 0 Å². The number of hydrogen-bond acceptors (Lipinski definition) is 13. The van der Waals surface area contributed by atoms with Crippen molar-refractivity contribution in [2.75, 3.05) is 45.1 Å². The van der Waals surface area contributed by atoms with Gasteiger partial charge in [-0.1, -0.05) is 0 Å². The van der Waals surface area contributed by atoms with Crippen LogP contribution in [-0.2, 0) is 60.7 Å². The number of aliphatic hydroxyl groups is 1. The van der Waals surface area contributed by atoms with E-state index in [4.69, 9.17) is 18.8 Å². The minimum atomic E-state index is -3.87. The van der Waals surface area contributed by atoms with Gasteiger partial charge in [0.25, 0.3) is 30.4 Å². The molecule has 0 spiro atoms. The maximum atomic E-state index is 13.9. The molecule has 0 saturated heterocycles. The number of aromatic nitrogens is 2. The van der Waals surface area contributed by atoms with Crippen LogP contribution in [0.2, 0.25) is 0 Å². The number of H-pyrrole nitrogens is 2. The Morgan fingerprint density at radius 1 is 0.667 bits per heavy atom. The van der Waals surface area contributed by atoms with Gasteiger partial charge in [0, 0.05) is 36.3 Å². The third kappa shape index (κ3) is 19.1. The largest absolute Gasteiger partial charge is 0.444 e. The summed E-state index contributed by atoms with van der Waals surface area (Å²) in [6.07, 6.45) is 4.47. The Morgan fingerprint density at radius 3 is 1.37 bits per heavy atom. The Bertz CT molecular complexity index is 2290. The molecule has 2 heterocycles. The van der Waals surface area contributed by atoms with Crippen molar-refractivity contribution in [3.05, 3.63) is 71.6 Å². The minimum absolute atomic E-state index is 0.0271. The molecule has 0 radical (unpaired) electrons. The average Bonchev–Trinajstić information content (AvgIpc) is 3.66. The van der Waals surface area contributed by atoms with Gasteiger partial charge >= 0.3 is 12.2 Å². The number of fused-ring (bicyclic) bond motifs is 2. The van der Waals surface area contributed by atoms with Crippen LogP contribution in [0.3, 0.4) is 0 Å². The van der Waals surface area contributed by atoms with Crippen LogP contribution in [0.1, 0.15) is 52.7 Å². The van der Waals surface area contributed by atoms with Crippen LogP contribution in [0, 0.1) is 11.6 Å². The third-order valence-electron chi connectivity index (χ3n) is 6.71. The Balaban J connectivity index is 0.000000328. The summed E-state index contributed by atoms with van der Waals surface area (Å²) in [5, 5.41) is 10.6. The van der Waals surface area contributed by atoms with Gasteiger partial charge in [-0.15, -0.1) is 3.63 Å². The topological polar surface area (TPSA) is 232 Å². The summed E-state index contributed by atoms with van der Waals surface area (Å²) in [6, 6.07) is 9.03. The molecule has 0 fully saturated rings. The number of aliphatic hydroxyl groups excluding tert-OH is 1. The number of hydrogen-bond donors (Lipinski definition) is 3. The lowest BCUT2D eigenvalue weighted by Crippen LogP contribution is -2.38. The number of aromatic amines is 2. The first-order chi connectivity index (χ1) is 25.9. The first kappa shape index (κ1) is 48.8. The molecule has 2 amide bonds. The van der Waals surface area contributed by atoms with Crippen LogP contribution >= 0.6 is 0 Å². The maximum absolute atomic E-state index is 13.9. The quantitative estimate of drug-likeness (QED) is 0.160. The predicted molar refractivity (Wildman–Crippen MR) is 208 cm³/mol. The van der Waals surface area contributed by atoms with Crippen molar-refractivity contribution in [3.8, 4) is 0 Å². The van der Waals surface area contributed by atoms with E-state index in [1.807, 2.05) is 0 Å². The fourth-order valence-corrected chi connectivity index (χ4v) is 7.02. The standard InChI is InChI=1S/C17H23FN2O5S.C16H21FN2O3.C2H6O5S2/c1-17(2,3)25-16(21)20(7-8-24-26(4,22)23)11-13-10-14(18)9-12-5-6-19-15(12)13;1-16(2,3)22-15(21)19(6-7-20)10-12-9-13(17)8-11-4-5-18-14(11)12;1-8(3,4)7-9(2,5)6/h5-6,9-10,19H,7-8,11H2,1-4H3;4-5,8-9,18,20H,6-7,10H2,1-3H3;1-2H3. The van der Waals surface area contributed by atoms with Gasteiger partial charge in [-0.05, 0) is 89.1 Å². The van der Waals surface area contributed by atoms with Crippen LogP contribution in [0.4, 0.5) is 18.4 Å². The molecule has 22 heteroatoms. The van der Waals surface area contributed by atoms with E-state index in [0.29, 0.717) is 34.5 Å². The van der Waals surface area contributed by atoms with Crippen molar-refractivity contribution in [1.29, 1.82) is 0 Å². The summed E-state index contributed by atoms with van der Waals surface area (Å²) in [5.41, 5.74) is 1.30. The molecular weight excluding hydrogens is 819 g/mol. The third-order valence-corrected chi connectivity index (χ3v) is 9.29. The first-order valence-corrected chi connectivity index (χ1v) is 22.4. The highest BCUT2D eigenvalue weighted by atomic mass is 32.3. The van der Waals surface area contributed by atoms with Gasteiger partial charge in [0.2, 0.25) is 0 Å². The number of benzene rings is 2. The number of ether oxygens (including phenoxy) is 2. The monoisotopic (exact) mass is 868 g/mol. The molecular formula is C35H50F2N4O13S3. The van der Waals surface area contributed by atoms with Gasteiger partial charge in [0.15, 0.2) is 0 Å². The molecule has 0 unspecified atom stereocenters. The van der Waals surface area contributed by atoms with Gasteiger partial charge < -0.3 is 34.3 Å². The van der Waals surface area contributed by atoms with E-state index in [1.54, 1.807) is 66.1 Å². The Hall–Kier alpha value is -4.35. The zero-order valence-corrected chi connectivity index (χ0v) is 35.5. The number of nitrogens with one attached hydrogen (secondary N) is 2. The summed E-state index contributed by atoms with van der Waals surface area (Å²) in [4.78, 5) is 33.4. The SMILES string of the molecule is CC(C)(C)OC(=O)N(CCO)Cc1cc(F)cc2cc[nH]c12.CC(C)(C)OC(=O)N(CCOS(C)(=O)=O)Cc1cc(F)cc2cc[nH]c12.CS(=O)(=O)OS(C)(=O)=O. The van der Waals surface area contributed by atoms with Crippen molar-refractivity contribution in [2.45, 2.75) is 65.8 Å². The zero-order chi connectivity index (χ0) is 43.6. The summed E-state index contributed by atoms with van der Waals surface area (Å²) in [6.45, 7) is 10.4. The molecule has 320 valence electrons. The molecule has 0 aliphatic carbocycles. The molecule has 2 aromatic carbocycles. The highest BCUT2D eigenvalue weighted by molar-refractivity contribution is 7.99. The normalized spacial score (nSPS) is 12.3. The lowest BCUT2D eigenvalue weighted by atomic mass is 10.1. The summed E-state index contributed by atoms with van der Waals surface area (Å²) in [7, 11) is -11.4. The minimum Gasteiger partial charge on any atom is -0.444 e. The summed E-state index contributed by atoms with van der Waals surface area (Å²) < 4.78 is 109. The lowest BCUT2D eigenvalue weighted by Gasteiger charge is -2.27. The predicted octanol–water partition coefficient (Wildman–Crippen LogP) is 4.98. The summed E-state index contributed by atoms with van der Waals surface area (Å²) in [5.74, 6) is -0.793. The molecule has 0 aliphatic rings. The number of rotatable bonds is 12. The average molecular weight is 869 g/mol. The van der Waals surface area contributed by atoms with Crippen molar-refractivity contribution < 1.29 is 66.0 Å². The smallest absolute Gasteiger partial charge is 0.410 e. The number of carbonyl (C=O) groups excluding carboxylic acids is 2. The van der Waals surface area contributed by atoms with E-state index in [9.17, 15) is 43.6 Å². The second-order valence-electron chi connectivity index (χ2n) is 14.5. The fraction of sp³-hybridized carbons (Fsp3) is 0.486. The Labute approximate surface area is 331 Å². The molecule has 4 rings (SSSR count). The number of carbonyl (C=O) groups is 2. The van der Waals surface area contributed by atoms with Gasteiger partial charge in [-0.2, -0.15) is 25.3 Å². The van der Waals surface area contributed by atoms with Crippen molar-refractivity contribution in [3.63, 3.8) is 0 Å². The maximum Gasteiger partial charge on any atom is 0.410 e. The van der Waals surface area contributed by atoms with Gasteiger partial charge in [0.05, 0.1) is 56.1 Å². The van der Waals surface area contributed by atoms with Crippen molar-refractivity contribution in [2.24, 2.45) is 0 Å². The number of nitrogens with zero attached hydrogens (tertiary/aromatic N) is 2. The molecule has 0 atom stereocenters. The Morgan fingerprint density at radius 2 is 1.05 bits per heavy atom. The highest BCUT2D eigenvalue weighted by Crippen LogP contribution is 2.23. The molecule has 2 aromatic heterocycles. The molecule has 57 heavy (non-hydrogen) atoms. The highest BCUT2D eigenvalue weighted by Gasteiger charge is 2.25. The van der Waals surface area contributed by atoms with Crippen LogP contribution in [0.25, 0.3) is 21.8 Å².